The van der Waals surface area contributed by atoms with Gasteiger partial charge in [0.2, 0.25) is 10.0 Å². The molecule has 0 aliphatic heterocycles. The molecule has 0 spiro atoms. The van der Waals surface area contributed by atoms with Gasteiger partial charge in [-0.25, -0.2) is 13.1 Å². The molecule has 0 saturated carbocycles. The van der Waals surface area contributed by atoms with Crippen molar-refractivity contribution in [2.45, 2.75) is 24.2 Å². The SMILES string of the molecule is CC(C)(CNS(=O)(=O)c1c[nH]c(=O)c(Cl)c1)c1cccs1. The van der Waals surface area contributed by atoms with Crippen molar-refractivity contribution in [2.75, 3.05) is 6.54 Å². The summed E-state index contributed by atoms with van der Waals surface area (Å²) in [7, 11) is -3.72. The van der Waals surface area contributed by atoms with Crippen molar-refractivity contribution < 1.29 is 8.42 Å². The van der Waals surface area contributed by atoms with Crippen LogP contribution in [0.4, 0.5) is 0 Å². The minimum Gasteiger partial charge on any atom is -0.326 e. The second kappa shape index (κ2) is 5.92. The van der Waals surface area contributed by atoms with Crippen LogP contribution >= 0.6 is 22.9 Å². The fourth-order valence-electron chi connectivity index (χ4n) is 1.70. The van der Waals surface area contributed by atoms with Crippen molar-refractivity contribution in [2.24, 2.45) is 0 Å². The maximum Gasteiger partial charge on any atom is 0.266 e. The summed E-state index contributed by atoms with van der Waals surface area (Å²) in [6.07, 6.45) is 1.13. The van der Waals surface area contributed by atoms with Gasteiger partial charge in [-0.2, -0.15) is 0 Å². The zero-order valence-electron chi connectivity index (χ0n) is 11.5. The first kappa shape index (κ1) is 16.2. The summed E-state index contributed by atoms with van der Waals surface area (Å²) in [4.78, 5) is 14.5. The molecule has 0 amide bonds. The second-order valence-corrected chi connectivity index (χ2v) is 8.32. The van der Waals surface area contributed by atoms with Crippen molar-refractivity contribution in [1.82, 2.24) is 9.71 Å². The lowest BCUT2D eigenvalue weighted by Gasteiger charge is -2.23. The number of pyridine rings is 1. The normalized spacial score (nSPS) is 12.5. The Morgan fingerprint density at radius 3 is 2.71 bits per heavy atom. The molecule has 0 aliphatic rings. The monoisotopic (exact) mass is 346 g/mol. The Balaban J connectivity index is 2.18. The Morgan fingerprint density at radius 2 is 2.14 bits per heavy atom. The van der Waals surface area contributed by atoms with Gasteiger partial charge in [0, 0.05) is 23.0 Å². The summed E-state index contributed by atoms with van der Waals surface area (Å²) in [5.41, 5.74) is -0.845. The van der Waals surface area contributed by atoms with E-state index < -0.39 is 15.6 Å². The third-order valence-electron chi connectivity index (χ3n) is 3.03. The molecule has 0 saturated heterocycles. The molecule has 0 bridgehead atoms. The van der Waals surface area contributed by atoms with E-state index in [1.165, 1.54) is 0 Å². The highest BCUT2D eigenvalue weighted by Crippen LogP contribution is 2.27. The van der Waals surface area contributed by atoms with Crippen molar-refractivity contribution in [1.29, 1.82) is 0 Å². The Hall–Kier alpha value is -1.15. The van der Waals surface area contributed by atoms with E-state index in [0.717, 1.165) is 17.1 Å². The number of rotatable bonds is 5. The second-order valence-electron chi connectivity index (χ2n) is 5.20. The number of H-pyrrole nitrogens is 1. The van der Waals surface area contributed by atoms with E-state index in [4.69, 9.17) is 11.6 Å². The van der Waals surface area contributed by atoms with Crippen LogP contribution in [0.15, 0.2) is 39.5 Å². The van der Waals surface area contributed by atoms with Crippen molar-refractivity contribution >= 4 is 33.0 Å². The molecule has 0 aliphatic carbocycles. The maximum absolute atomic E-state index is 12.2. The quantitative estimate of drug-likeness (QED) is 0.872. The predicted molar refractivity (Wildman–Crippen MR) is 84.6 cm³/mol. The molecule has 2 rings (SSSR count). The molecule has 2 aromatic heterocycles. The van der Waals surface area contributed by atoms with Crippen LogP contribution in [0.2, 0.25) is 5.02 Å². The fraction of sp³-hybridized carbons (Fsp3) is 0.308. The van der Waals surface area contributed by atoms with Gasteiger partial charge in [0.1, 0.15) is 5.02 Å². The van der Waals surface area contributed by atoms with E-state index in [1.807, 2.05) is 31.4 Å². The van der Waals surface area contributed by atoms with E-state index in [0.29, 0.717) is 0 Å². The van der Waals surface area contributed by atoms with Crippen LogP contribution in [-0.2, 0) is 15.4 Å². The zero-order valence-corrected chi connectivity index (χ0v) is 13.9. The average Bonchev–Trinajstić information content (AvgIpc) is 2.94. The molecule has 2 heterocycles. The lowest BCUT2D eigenvalue weighted by atomic mass is 9.92. The van der Waals surface area contributed by atoms with Gasteiger partial charge in [-0.15, -0.1) is 11.3 Å². The molecule has 0 radical (unpaired) electrons. The van der Waals surface area contributed by atoms with E-state index in [9.17, 15) is 13.2 Å². The van der Waals surface area contributed by atoms with Crippen LogP contribution in [0.5, 0.6) is 0 Å². The summed E-state index contributed by atoms with van der Waals surface area (Å²) in [5, 5.41) is 1.79. The molecule has 5 nitrogen and oxygen atoms in total. The number of hydrogen-bond donors (Lipinski definition) is 2. The molecule has 114 valence electrons. The smallest absolute Gasteiger partial charge is 0.266 e. The topological polar surface area (TPSA) is 79.0 Å². The maximum atomic E-state index is 12.2. The summed E-state index contributed by atoms with van der Waals surface area (Å²) >= 11 is 7.23. The van der Waals surface area contributed by atoms with Gasteiger partial charge in [0.25, 0.3) is 5.56 Å². The first-order valence-corrected chi connectivity index (χ1v) is 8.88. The standard InChI is InChI=1S/C13H15ClN2O3S2/c1-13(2,11-4-3-5-20-11)8-16-21(18,19)9-6-10(14)12(17)15-7-9/h3-7,16H,8H2,1-2H3,(H,15,17). The number of nitrogens with one attached hydrogen (secondary N) is 2. The van der Waals surface area contributed by atoms with Gasteiger partial charge in [0.05, 0.1) is 4.90 Å². The molecule has 0 fully saturated rings. The van der Waals surface area contributed by atoms with Crippen LogP contribution < -0.4 is 10.3 Å². The Kier molecular flexibility index (Phi) is 4.57. The van der Waals surface area contributed by atoms with Gasteiger partial charge in [-0.1, -0.05) is 31.5 Å². The Bertz CT molecular complexity index is 780. The Labute approximate surface area is 132 Å². The van der Waals surface area contributed by atoms with E-state index in [-0.39, 0.29) is 21.9 Å². The van der Waals surface area contributed by atoms with Crippen LogP contribution in [0.25, 0.3) is 0 Å². The van der Waals surface area contributed by atoms with Crippen LogP contribution in [-0.4, -0.2) is 19.9 Å². The molecule has 2 aromatic rings. The minimum absolute atomic E-state index is 0.0610. The van der Waals surface area contributed by atoms with Gasteiger partial charge < -0.3 is 4.98 Å². The van der Waals surface area contributed by atoms with Crippen LogP contribution in [0.3, 0.4) is 0 Å². The molecule has 2 N–H and O–H groups in total. The summed E-state index contributed by atoms with van der Waals surface area (Å²) in [6.45, 7) is 4.16. The lowest BCUT2D eigenvalue weighted by molar-refractivity contribution is 0.509. The van der Waals surface area contributed by atoms with E-state index in [1.54, 1.807) is 11.3 Å². The zero-order chi connectivity index (χ0) is 15.7. The summed E-state index contributed by atoms with van der Waals surface area (Å²) in [6, 6.07) is 5.04. The summed E-state index contributed by atoms with van der Waals surface area (Å²) < 4.78 is 27.0. The van der Waals surface area contributed by atoms with Gasteiger partial charge in [-0.3, -0.25) is 4.79 Å². The molecule has 0 atom stereocenters. The third-order valence-corrected chi connectivity index (χ3v) is 5.93. The number of aromatic amines is 1. The number of thiophene rings is 1. The van der Waals surface area contributed by atoms with Gasteiger partial charge in [-0.05, 0) is 17.5 Å². The number of halogens is 1. The Morgan fingerprint density at radius 1 is 1.43 bits per heavy atom. The molecule has 0 aromatic carbocycles. The minimum atomic E-state index is -3.72. The van der Waals surface area contributed by atoms with Gasteiger partial charge in [0.15, 0.2) is 0 Å². The largest absolute Gasteiger partial charge is 0.326 e. The average molecular weight is 347 g/mol. The van der Waals surface area contributed by atoms with E-state index in [2.05, 4.69) is 9.71 Å². The molecule has 21 heavy (non-hydrogen) atoms. The number of hydrogen-bond acceptors (Lipinski definition) is 4. The first-order chi connectivity index (χ1) is 9.72. The molecular formula is C13H15ClN2O3S2. The summed E-state index contributed by atoms with van der Waals surface area (Å²) in [5.74, 6) is 0. The van der Waals surface area contributed by atoms with Crippen LogP contribution in [0.1, 0.15) is 18.7 Å². The number of sulfonamides is 1. The highest BCUT2D eigenvalue weighted by molar-refractivity contribution is 7.89. The molecule has 8 heteroatoms. The van der Waals surface area contributed by atoms with Crippen molar-refractivity contribution in [3.8, 4) is 0 Å². The van der Waals surface area contributed by atoms with Crippen LogP contribution in [0, 0.1) is 0 Å². The molecular weight excluding hydrogens is 332 g/mol. The molecule has 0 unspecified atom stereocenters. The highest BCUT2D eigenvalue weighted by Gasteiger charge is 2.25. The van der Waals surface area contributed by atoms with E-state index >= 15 is 0 Å². The highest BCUT2D eigenvalue weighted by atomic mass is 35.5. The number of aromatic nitrogens is 1. The fourth-order valence-corrected chi connectivity index (χ4v) is 4.00. The van der Waals surface area contributed by atoms with Crippen molar-refractivity contribution in [3.63, 3.8) is 0 Å². The lowest BCUT2D eigenvalue weighted by Crippen LogP contribution is -2.36. The van der Waals surface area contributed by atoms with Crippen molar-refractivity contribution in [3.05, 3.63) is 50.0 Å². The first-order valence-electron chi connectivity index (χ1n) is 6.14. The third kappa shape index (κ3) is 3.74. The predicted octanol–water partition coefficient (Wildman–Crippen LogP) is 2.35. The van der Waals surface area contributed by atoms with Gasteiger partial charge >= 0.3 is 0 Å².